The van der Waals surface area contributed by atoms with Gasteiger partial charge in [0, 0.05) is 12.1 Å². The maximum Gasteiger partial charge on any atom is 0.301 e. The molecule has 1 heterocycles. The average molecular weight is 472 g/mol. The fourth-order valence-electron chi connectivity index (χ4n) is 3.39. The number of pyridine rings is 1. The van der Waals surface area contributed by atoms with Crippen LogP contribution in [0.3, 0.4) is 0 Å². The van der Waals surface area contributed by atoms with Gasteiger partial charge in [0.2, 0.25) is 0 Å². The number of H-pyrrole nitrogens is 1. The zero-order valence-corrected chi connectivity index (χ0v) is 19.1. The highest BCUT2D eigenvalue weighted by Gasteiger charge is 2.22. The molecule has 0 aliphatic rings. The largest absolute Gasteiger partial charge is 0.491 e. The van der Waals surface area contributed by atoms with E-state index >= 15 is 0 Å². The van der Waals surface area contributed by atoms with E-state index in [4.69, 9.17) is 24.7 Å². The van der Waals surface area contributed by atoms with Gasteiger partial charge in [-0.15, -0.1) is 0 Å². The number of rotatable bonds is 14. The van der Waals surface area contributed by atoms with Gasteiger partial charge in [-0.05, 0) is 43.3 Å². The minimum Gasteiger partial charge on any atom is -0.491 e. The second-order valence-electron chi connectivity index (χ2n) is 7.48. The number of ether oxygens (including phenoxy) is 4. The van der Waals surface area contributed by atoms with E-state index in [0.717, 1.165) is 5.56 Å². The van der Waals surface area contributed by atoms with E-state index in [-0.39, 0.29) is 16.9 Å². The van der Waals surface area contributed by atoms with Crippen LogP contribution in [0.4, 0.5) is 5.69 Å². The van der Waals surface area contributed by atoms with Crippen LogP contribution in [-0.2, 0) is 14.2 Å². The van der Waals surface area contributed by atoms with E-state index in [1.54, 1.807) is 42.5 Å². The lowest BCUT2D eigenvalue weighted by atomic mass is 10.0. The summed E-state index contributed by atoms with van der Waals surface area (Å²) in [7, 11) is 0. The average Bonchev–Trinajstić information content (AvgIpc) is 2.83. The van der Waals surface area contributed by atoms with Crippen molar-refractivity contribution in [2.24, 2.45) is 5.73 Å². The Morgan fingerprint density at radius 2 is 1.50 bits per heavy atom. The number of nitrogens with two attached hydrogens (primary N) is 1. The van der Waals surface area contributed by atoms with Crippen molar-refractivity contribution in [1.29, 1.82) is 0 Å². The lowest BCUT2D eigenvalue weighted by molar-refractivity contribution is -0.382. The van der Waals surface area contributed by atoms with Gasteiger partial charge in [-0.25, -0.2) is 0 Å². The number of hydrogen-bond donors (Lipinski definition) is 2. The topological polar surface area (TPSA) is 139 Å². The van der Waals surface area contributed by atoms with Crippen LogP contribution in [0.25, 0.3) is 22.0 Å². The van der Waals surface area contributed by atoms with Crippen LogP contribution in [0.5, 0.6) is 5.75 Å². The molecule has 10 nitrogen and oxygen atoms in total. The smallest absolute Gasteiger partial charge is 0.301 e. The number of aromatic nitrogens is 1. The highest BCUT2D eigenvalue weighted by atomic mass is 16.6. The quantitative estimate of drug-likeness (QED) is 0.208. The van der Waals surface area contributed by atoms with Crippen LogP contribution in [-0.4, -0.2) is 62.7 Å². The molecule has 0 aliphatic carbocycles. The Morgan fingerprint density at radius 1 is 0.882 bits per heavy atom. The predicted molar refractivity (Wildman–Crippen MR) is 128 cm³/mol. The van der Waals surface area contributed by atoms with Crippen molar-refractivity contribution in [2.45, 2.75) is 6.92 Å². The minimum absolute atomic E-state index is 0.134. The monoisotopic (exact) mass is 471 g/mol. The highest BCUT2D eigenvalue weighted by molar-refractivity contribution is 5.96. The third kappa shape index (κ3) is 6.84. The van der Waals surface area contributed by atoms with Crippen molar-refractivity contribution >= 4 is 16.5 Å². The zero-order valence-electron chi connectivity index (χ0n) is 19.1. The summed E-state index contributed by atoms with van der Waals surface area (Å²) in [6.45, 7) is 5.48. The highest BCUT2D eigenvalue weighted by Crippen LogP contribution is 2.34. The van der Waals surface area contributed by atoms with Crippen LogP contribution >= 0.6 is 0 Å². The molecule has 10 heteroatoms. The molecule has 2 aromatic carbocycles. The summed E-state index contributed by atoms with van der Waals surface area (Å²) >= 11 is 0. The third-order valence-electron chi connectivity index (χ3n) is 4.98. The second-order valence-corrected chi connectivity index (χ2v) is 7.48. The molecule has 3 rings (SSSR count). The van der Waals surface area contributed by atoms with E-state index in [1.807, 2.05) is 6.92 Å². The predicted octanol–water partition coefficient (Wildman–Crippen LogP) is 2.80. The molecule has 3 aromatic rings. The number of aromatic amines is 1. The number of hydrogen-bond acceptors (Lipinski definition) is 8. The van der Waals surface area contributed by atoms with Gasteiger partial charge >= 0.3 is 5.69 Å². The molecule has 0 bridgehead atoms. The van der Waals surface area contributed by atoms with Gasteiger partial charge < -0.3 is 29.7 Å². The van der Waals surface area contributed by atoms with Gasteiger partial charge in [0.1, 0.15) is 18.1 Å². The molecule has 0 radical (unpaired) electrons. The summed E-state index contributed by atoms with van der Waals surface area (Å²) in [6, 6.07) is 11.8. The van der Waals surface area contributed by atoms with E-state index in [1.165, 1.54) is 0 Å². The van der Waals surface area contributed by atoms with E-state index in [2.05, 4.69) is 4.98 Å². The summed E-state index contributed by atoms with van der Waals surface area (Å²) in [6.07, 6.45) is 0. The van der Waals surface area contributed by atoms with Crippen LogP contribution in [0, 0.1) is 17.0 Å². The van der Waals surface area contributed by atoms with Crippen molar-refractivity contribution in [3.8, 4) is 17.0 Å². The number of fused-ring (bicyclic) bond motifs is 1. The minimum atomic E-state index is -0.471. The van der Waals surface area contributed by atoms with Gasteiger partial charge in [0.05, 0.1) is 55.3 Å². The molecule has 1 aromatic heterocycles. The maximum absolute atomic E-state index is 12.6. The van der Waals surface area contributed by atoms with Crippen LogP contribution in [0.1, 0.15) is 5.56 Å². The van der Waals surface area contributed by atoms with Crippen molar-refractivity contribution in [3.63, 3.8) is 0 Å². The third-order valence-corrected chi connectivity index (χ3v) is 4.98. The van der Waals surface area contributed by atoms with E-state index in [9.17, 15) is 14.9 Å². The van der Waals surface area contributed by atoms with Gasteiger partial charge in [0.25, 0.3) is 5.56 Å². The summed E-state index contributed by atoms with van der Waals surface area (Å²) < 4.78 is 21.7. The first-order valence-electron chi connectivity index (χ1n) is 11.0. The number of nitrogens with one attached hydrogen (secondary N) is 1. The molecule has 3 N–H and O–H groups in total. The van der Waals surface area contributed by atoms with Gasteiger partial charge in [0.15, 0.2) is 0 Å². The summed E-state index contributed by atoms with van der Waals surface area (Å²) in [5.41, 5.74) is 6.35. The Kier molecular flexibility index (Phi) is 9.53. The van der Waals surface area contributed by atoms with Crippen molar-refractivity contribution in [2.75, 3.05) is 52.8 Å². The first-order chi connectivity index (χ1) is 16.5. The normalized spacial score (nSPS) is 11.1. The van der Waals surface area contributed by atoms with Crippen LogP contribution in [0.2, 0.25) is 0 Å². The SMILES string of the molecule is Cc1ccc2c([N+](=O)[O-])c(-c3ccc(OCCOCCOCCOCCN)cc3)[nH]c(=O)c2c1. The van der Waals surface area contributed by atoms with Gasteiger partial charge in [-0.3, -0.25) is 14.9 Å². The number of aryl methyl sites for hydroxylation is 1. The van der Waals surface area contributed by atoms with Crippen molar-refractivity contribution in [1.82, 2.24) is 4.98 Å². The maximum atomic E-state index is 12.6. The fourth-order valence-corrected chi connectivity index (χ4v) is 3.39. The first-order valence-corrected chi connectivity index (χ1v) is 11.0. The molecule has 0 saturated carbocycles. The van der Waals surface area contributed by atoms with Crippen molar-refractivity contribution < 1.29 is 23.9 Å². The first kappa shape index (κ1) is 25.3. The molecule has 0 spiro atoms. The summed E-state index contributed by atoms with van der Waals surface area (Å²) in [5, 5.41) is 12.4. The fraction of sp³-hybridized carbons (Fsp3) is 0.375. The lowest BCUT2D eigenvalue weighted by Gasteiger charge is -2.10. The Labute approximate surface area is 196 Å². The summed E-state index contributed by atoms with van der Waals surface area (Å²) in [5.74, 6) is 0.585. The zero-order chi connectivity index (χ0) is 24.3. The Morgan fingerprint density at radius 3 is 2.12 bits per heavy atom. The molecular formula is C24H29N3O7. The molecule has 0 saturated heterocycles. The Bertz CT molecular complexity index is 1150. The van der Waals surface area contributed by atoms with Crippen LogP contribution in [0.15, 0.2) is 47.3 Å². The van der Waals surface area contributed by atoms with E-state index < -0.39 is 4.92 Å². The second kappa shape index (κ2) is 12.8. The molecule has 0 aliphatic heterocycles. The molecule has 0 fully saturated rings. The Balaban J connectivity index is 1.54. The number of nitrogens with zero attached hydrogens (tertiary/aromatic N) is 1. The summed E-state index contributed by atoms with van der Waals surface area (Å²) in [4.78, 5) is 26.6. The van der Waals surface area contributed by atoms with E-state index in [0.29, 0.717) is 74.9 Å². The van der Waals surface area contributed by atoms with Gasteiger partial charge in [-0.2, -0.15) is 0 Å². The standard InChI is InChI=1S/C24H29N3O7/c1-17-2-7-20-21(16-17)24(28)26-22(23(20)27(29)30)18-3-5-19(6-4-18)34-15-14-33-13-12-32-11-10-31-9-8-25/h2-7,16H,8-15,25H2,1H3,(H,26,28). The molecule has 0 unspecified atom stereocenters. The molecule has 34 heavy (non-hydrogen) atoms. The molecule has 0 amide bonds. The Hall–Kier alpha value is -3.31. The molecule has 182 valence electrons. The molecular weight excluding hydrogens is 442 g/mol. The molecule has 0 atom stereocenters. The van der Waals surface area contributed by atoms with Crippen LogP contribution < -0.4 is 16.0 Å². The van der Waals surface area contributed by atoms with Gasteiger partial charge in [-0.1, -0.05) is 11.6 Å². The lowest BCUT2D eigenvalue weighted by Crippen LogP contribution is -2.14. The number of nitro groups is 1. The van der Waals surface area contributed by atoms with Crippen molar-refractivity contribution in [3.05, 3.63) is 68.5 Å². The number of benzene rings is 2.